The molecule has 0 aliphatic heterocycles. The summed E-state index contributed by atoms with van der Waals surface area (Å²) in [5, 5.41) is 0. The molecule has 0 N–H and O–H groups in total. The maximum atomic E-state index is 3.88. The van der Waals surface area contributed by atoms with Gasteiger partial charge in [-0.05, 0) is 59.4 Å². The van der Waals surface area contributed by atoms with Gasteiger partial charge >= 0.3 is 0 Å². The molecule has 55 heavy (non-hydrogen) atoms. The molecule has 0 unspecified atom stereocenters. The second-order valence-electron chi connectivity index (χ2n) is 18.0. The van der Waals surface area contributed by atoms with Gasteiger partial charge in [0.25, 0.3) is 0 Å². The Kier molecular flexibility index (Phi) is 28.6. The third-order valence-corrected chi connectivity index (χ3v) is 14.2. The molecular formula is C53H88Br2. The van der Waals surface area contributed by atoms with Gasteiger partial charge in [-0.2, -0.15) is 0 Å². The van der Waals surface area contributed by atoms with Crippen molar-refractivity contribution in [3.05, 3.63) is 56.5 Å². The summed E-state index contributed by atoms with van der Waals surface area (Å²) in [7, 11) is 0. The highest BCUT2D eigenvalue weighted by Gasteiger charge is 2.42. The molecule has 1 aliphatic carbocycles. The summed E-state index contributed by atoms with van der Waals surface area (Å²) in [6, 6.07) is 14.2. The van der Waals surface area contributed by atoms with Crippen molar-refractivity contribution in [2.45, 2.75) is 263 Å². The molecule has 0 atom stereocenters. The molecule has 0 spiro atoms. The van der Waals surface area contributed by atoms with Crippen LogP contribution in [0.4, 0.5) is 0 Å². The second-order valence-corrected chi connectivity index (χ2v) is 19.8. The Hall–Kier alpha value is -0.600. The van der Waals surface area contributed by atoms with Crippen LogP contribution in [-0.2, 0) is 5.41 Å². The van der Waals surface area contributed by atoms with E-state index in [-0.39, 0.29) is 5.41 Å². The molecule has 0 heterocycles. The molecule has 0 amide bonds. The smallest absolute Gasteiger partial charge is 0.0216 e. The molecule has 2 aromatic carbocycles. The van der Waals surface area contributed by atoms with Gasteiger partial charge in [-0.3, -0.25) is 0 Å². The number of halogens is 2. The van der Waals surface area contributed by atoms with Gasteiger partial charge in [-0.15, -0.1) is 0 Å². The summed E-state index contributed by atoms with van der Waals surface area (Å²) in [4.78, 5) is 0. The first kappa shape index (κ1) is 48.8. The van der Waals surface area contributed by atoms with E-state index in [0.29, 0.717) is 0 Å². The van der Waals surface area contributed by atoms with Crippen LogP contribution in [0.5, 0.6) is 0 Å². The maximum absolute atomic E-state index is 3.88. The molecule has 0 bridgehead atoms. The lowest BCUT2D eigenvalue weighted by molar-refractivity contribution is 0.396. The molecule has 0 fully saturated rings. The number of hydrogen-bond donors (Lipinski definition) is 0. The average Bonchev–Trinajstić information content (AvgIpc) is 3.44. The van der Waals surface area contributed by atoms with Crippen LogP contribution >= 0.6 is 31.9 Å². The van der Waals surface area contributed by atoms with Crippen LogP contribution in [0.25, 0.3) is 11.1 Å². The van der Waals surface area contributed by atoms with Gasteiger partial charge in [0.15, 0.2) is 0 Å². The molecule has 0 saturated carbocycles. The summed E-state index contributed by atoms with van der Waals surface area (Å²) in [6.45, 7) is 4.62. The standard InChI is InChI=1S/C53H88Br2/c1-3-5-7-9-11-13-15-17-19-21-23-25-27-29-31-33-35-37-43-53(51-45-47(54)39-41-49(51)50-42-40-48(55)46-52(50)53)44-38-36-34-32-30-28-26-24-22-20-18-16-14-12-10-8-6-4-2/h39-42,45-46H,3-38,43-44H2,1-2H3. The van der Waals surface area contributed by atoms with E-state index >= 15 is 0 Å². The number of fused-ring (bicyclic) bond motifs is 3. The van der Waals surface area contributed by atoms with Crippen LogP contribution in [0.2, 0.25) is 0 Å². The van der Waals surface area contributed by atoms with Crippen LogP contribution in [0.3, 0.4) is 0 Å². The first-order valence-electron chi connectivity index (χ1n) is 24.7. The SMILES string of the molecule is CCCCCCCCCCCCCCCCCCCCC1(CCCCCCCCCCCCCCCCCCCC)c2cc(Br)ccc2-c2ccc(Br)cc21. The van der Waals surface area contributed by atoms with Crippen molar-refractivity contribution in [3.8, 4) is 11.1 Å². The summed E-state index contributed by atoms with van der Waals surface area (Å²) in [6.07, 6.45) is 54.3. The lowest BCUT2D eigenvalue weighted by atomic mass is 9.70. The summed E-state index contributed by atoms with van der Waals surface area (Å²) >= 11 is 7.76. The average molecular weight is 885 g/mol. The van der Waals surface area contributed by atoms with Gasteiger partial charge in [0, 0.05) is 14.4 Å². The van der Waals surface area contributed by atoms with Crippen LogP contribution < -0.4 is 0 Å². The van der Waals surface area contributed by atoms with Gasteiger partial charge < -0.3 is 0 Å². The molecule has 1 aliphatic rings. The van der Waals surface area contributed by atoms with Crippen LogP contribution in [-0.4, -0.2) is 0 Å². The zero-order valence-corrected chi connectivity index (χ0v) is 39.8. The van der Waals surface area contributed by atoms with Gasteiger partial charge in [-0.1, -0.05) is 289 Å². The van der Waals surface area contributed by atoms with Crippen molar-refractivity contribution in [1.29, 1.82) is 0 Å². The summed E-state index contributed by atoms with van der Waals surface area (Å²) in [5.41, 5.74) is 6.30. The summed E-state index contributed by atoms with van der Waals surface area (Å²) in [5.74, 6) is 0. The van der Waals surface area contributed by atoms with Crippen LogP contribution in [0.15, 0.2) is 45.3 Å². The Morgan fingerprint density at radius 3 is 0.764 bits per heavy atom. The van der Waals surface area contributed by atoms with Crippen LogP contribution in [0, 0.1) is 0 Å². The summed E-state index contributed by atoms with van der Waals surface area (Å²) < 4.78 is 2.47. The van der Waals surface area contributed by atoms with Crippen LogP contribution in [0.1, 0.15) is 269 Å². The molecule has 0 nitrogen and oxygen atoms in total. The van der Waals surface area contributed by atoms with E-state index in [2.05, 4.69) is 82.1 Å². The fourth-order valence-electron chi connectivity index (χ4n) is 9.76. The van der Waals surface area contributed by atoms with Gasteiger partial charge in [0.2, 0.25) is 0 Å². The lowest BCUT2D eigenvalue weighted by Gasteiger charge is -2.33. The van der Waals surface area contributed by atoms with Crippen molar-refractivity contribution in [3.63, 3.8) is 0 Å². The number of hydrogen-bond acceptors (Lipinski definition) is 0. The zero-order valence-electron chi connectivity index (χ0n) is 36.6. The van der Waals surface area contributed by atoms with E-state index in [1.807, 2.05) is 0 Å². The van der Waals surface area contributed by atoms with Crippen molar-refractivity contribution in [1.82, 2.24) is 0 Å². The minimum absolute atomic E-state index is 0.155. The molecule has 0 aromatic heterocycles. The minimum atomic E-state index is 0.155. The van der Waals surface area contributed by atoms with Gasteiger partial charge in [0.05, 0.1) is 0 Å². The topological polar surface area (TPSA) is 0 Å². The Morgan fingerprint density at radius 1 is 0.309 bits per heavy atom. The number of benzene rings is 2. The second kappa shape index (κ2) is 32.3. The fraction of sp³-hybridized carbons (Fsp3) is 0.774. The molecule has 2 heteroatoms. The van der Waals surface area contributed by atoms with Gasteiger partial charge in [-0.25, -0.2) is 0 Å². The molecule has 0 saturated heterocycles. The van der Waals surface area contributed by atoms with E-state index < -0.39 is 0 Å². The molecule has 2 aromatic rings. The normalized spacial score (nSPS) is 13.1. The van der Waals surface area contributed by atoms with Crippen molar-refractivity contribution in [2.75, 3.05) is 0 Å². The third-order valence-electron chi connectivity index (χ3n) is 13.2. The highest BCUT2D eigenvalue weighted by atomic mass is 79.9. The minimum Gasteiger partial charge on any atom is -0.0654 e. The van der Waals surface area contributed by atoms with Crippen molar-refractivity contribution >= 4 is 31.9 Å². The van der Waals surface area contributed by atoms with Gasteiger partial charge in [0.1, 0.15) is 0 Å². The third kappa shape index (κ3) is 20.3. The molecule has 0 radical (unpaired) electrons. The Balaban J connectivity index is 1.31. The fourth-order valence-corrected chi connectivity index (χ4v) is 10.5. The number of rotatable bonds is 38. The lowest BCUT2D eigenvalue weighted by Crippen LogP contribution is -2.25. The van der Waals surface area contributed by atoms with E-state index in [1.54, 1.807) is 11.1 Å². The molecule has 314 valence electrons. The monoisotopic (exact) mass is 883 g/mol. The Bertz CT molecular complexity index is 1110. The highest BCUT2D eigenvalue weighted by molar-refractivity contribution is 9.10. The predicted molar refractivity (Wildman–Crippen MR) is 255 cm³/mol. The quantitative estimate of drug-likeness (QED) is 0.0590. The van der Waals surface area contributed by atoms with Crippen molar-refractivity contribution < 1.29 is 0 Å². The predicted octanol–water partition coefficient (Wildman–Crippen LogP) is 20.3. The number of unbranched alkanes of at least 4 members (excludes halogenated alkanes) is 34. The van der Waals surface area contributed by atoms with Crippen molar-refractivity contribution in [2.24, 2.45) is 0 Å². The molecule has 3 rings (SSSR count). The Labute approximate surface area is 360 Å². The van der Waals surface area contributed by atoms with E-state index in [4.69, 9.17) is 0 Å². The Morgan fingerprint density at radius 2 is 0.527 bits per heavy atom. The zero-order chi connectivity index (χ0) is 39.1. The van der Waals surface area contributed by atoms with E-state index in [1.165, 1.54) is 264 Å². The van der Waals surface area contributed by atoms with E-state index in [0.717, 1.165) is 0 Å². The van der Waals surface area contributed by atoms with E-state index in [9.17, 15) is 0 Å². The first-order valence-corrected chi connectivity index (χ1v) is 26.3. The molecular weight excluding hydrogens is 796 g/mol. The highest BCUT2D eigenvalue weighted by Crippen LogP contribution is 2.55. The largest absolute Gasteiger partial charge is 0.0654 e. The maximum Gasteiger partial charge on any atom is 0.0216 e. The first-order chi connectivity index (χ1) is 27.1.